The average molecular weight is 520 g/mol. The van der Waals surface area contributed by atoms with Gasteiger partial charge in [-0.25, -0.2) is 0 Å². The van der Waals surface area contributed by atoms with E-state index in [1.165, 1.54) is 48.9 Å². The molecule has 1 aliphatic heterocycles. The molecule has 0 N–H and O–H groups in total. The fourth-order valence-electron chi connectivity index (χ4n) is 7.11. The zero-order valence-electron chi connectivity index (χ0n) is 22.0. The lowest BCUT2D eigenvalue weighted by atomic mass is 9.69. The Labute approximate surface area is 226 Å². The van der Waals surface area contributed by atoms with Gasteiger partial charge in [-0.1, -0.05) is 23.7 Å². The molecule has 7 heteroatoms. The normalized spacial score (nSPS) is 24.6. The Hall–Kier alpha value is -2.36. The zero-order chi connectivity index (χ0) is 25.4. The van der Waals surface area contributed by atoms with Crippen molar-refractivity contribution in [2.45, 2.75) is 95.1 Å². The minimum absolute atomic E-state index is 0.0994. The van der Waals surface area contributed by atoms with Crippen molar-refractivity contribution in [2.75, 3.05) is 31.1 Å². The van der Waals surface area contributed by atoms with Crippen LogP contribution in [0.1, 0.15) is 80.7 Å². The van der Waals surface area contributed by atoms with Gasteiger partial charge >= 0.3 is 6.01 Å². The van der Waals surface area contributed by atoms with Gasteiger partial charge in [-0.2, -0.15) is 15.2 Å². The summed E-state index contributed by atoms with van der Waals surface area (Å²) in [6.45, 7) is 5.72. The van der Waals surface area contributed by atoms with Crippen LogP contribution < -0.4 is 9.64 Å². The SMILES string of the molecule is CCN(CCCC#N)c1nc(OC[C@@H]2CCCN2C2CC2)nc2c1CC[C@@]1(CCc3c(Cl)cccc31)C2. The predicted octanol–water partition coefficient (Wildman–Crippen LogP) is 5.64. The summed E-state index contributed by atoms with van der Waals surface area (Å²) in [4.78, 5) is 15.1. The summed E-state index contributed by atoms with van der Waals surface area (Å²) in [5.41, 5.74) is 5.26. The van der Waals surface area contributed by atoms with Gasteiger partial charge in [0, 0.05) is 47.6 Å². The molecule has 2 heterocycles. The largest absolute Gasteiger partial charge is 0.462 e. The second-order valence-electron chi connectivity index (χ2n) is 11.4. The van der Waals surface area contributed by atoms with E-state index in [1.54, 1.807) is 0 Å². The monoisotopic (exact) mass is 519 g/mol. The van der Waals surface area contributed by atoms with Crippen LogP contribution in [-0.4, -0.2) is 53.2 Å². The van der Waals surface area contributed by atoms with Gasteiger partial charge in [0.25, 0.3) is 0 Å². The molecule has 3 aliphatic carbocycles. The van der Waals surface area contributed by atoms with Gasteiger partial charge in [0.15, 0.2) is 0 Å². The fourth-order valence-corrected chi connectivity index (χ4v) is 7.37. The van der Waals surface area contributed by atoms with Crippen molar-refractivity contribution in [3.8, 4) is 12.1 Å². The van der Waals surface area contributed by atoms with Gasteiger partial charge in [0.05, 0.1) is 11.8 Å². The van der Waals surface area contributed by atoms with Crippen molar-refractivity contribution < 1.29 is 4.74 Å². The van der Waals surface area contributed by atoms with E-state index in [4.69, 9.17) is 31.6 Å². The number of nitrogens with zero attached hydrogens (tertiary/aromatic N) is 5. The van der Waals surface area contributed by atoms with E-state index < -0.39 is 0 Å². The highest BCUT2D eigenvalue weighted by Gasteiger charge is 2.44. The third-order valence-electron chi connectivity index (χ3n) is 9.19. The Balaban J connectivity index is 1.30. The third-order valence-corrected chi connectivity index (χ3v) is 9.55. The first-order chi connectivity index (χ1) is 18.1. The van der Waals surface area contributed by atoms with E-state index >= 15 is 0 Å². The molecule has 37 heavy (non-hydrogen) atoms. The van der Waals surface area contributed by atoms with Gasteiger partial charge < -0.3 is 9.64 Å². The molecular weight excluding hydrogens is 482 g/mol. The molecule has 0 unspecified atom stereocenters. The number of fused-ring (bicyclic) bond motifs is 3. The van der Waals surface area contributed by atoms with Crippen molar-refractivity contribution >= 4 is 17.4 Å². The standard InChI is InChI=1S/C30H38ClN5O/c1-2-35(17-4-3-16-32)28-24-13-15-30(14-12-23-25(30)8-5-9-26(23)31)19-27(24)33-29(34-28)37-20-22-7-6-18-36(22)21-10-11-21/h5,8-9,21-22H,2-4,6-7,10-15,17-20H2,1H3/t22-,30-/m0/s1. The van der Waals surface area contributed by atoms with Gasteiger partial charge in [-0.05, 0) is 94.9 Å². The smallest absolute Gasteiger partial charge is 0.318 e. The number of halogens is 1. The molecule has 1 saturated carbocycles. The summed E-state index contributed by atoms with van der Waals surface area (Å²) in [5, 5.41) is 9.99. The molecule has 1 spiro atoms. The van der Waals surface area contributed by atoms with Crippen LogP contribution >= 0.6 is 11.6 Å². The Morgan fingerprint density at radius 3 is 2.81 bits per heavy atom. The van der Waals surface area contributed by atoms with E-state index in [2.05, 4.69) is 34.9 Å². The number of ether oxygens (including phenoxy) is 1. The second kappa shape index (κ2) is 10.4. The lowest BCUT2D eigenvalue weighted by molar-refractivity contribution is 0.158. The van der Waals surface area contributed by atoms with Gasteiger partial charge in [-0.15, -0.1) is 0 Å². The highest BCUT2D eigenvalue weighted by atomic mass is 35.5. The highest BCUT2D eigenvalue weighted by molar-refractivity contribution is 6.31. The van der Waals surface area contributed by atoms with Crippen LogP contribution in [-0.2, 0) is 24.7 Å². The maximum Gasteiger partial charge on any atom is 0.318 e. The molecule has 0 amide bonds. The molecule has 2 atom stereocenters. The summed E-state index contributed by atoms with van der Waals surface area (Å²) in [5.74, 6) is 1.02. The summed E-state index contributed by atoms with van der Waals surface area (Å²) in [7, 11) is 0. The third kappa shape index (κ3) is 4.81. The van der Waals surface area contributed by atoms with Crippen LogP contribution in [0.3, 0.4) is 0 Å². The van der Waals surface area contributed by atoms with Crippen molar-refractivity contribution in [2.24, 2.45) is 0 Å². The topological polar surface area (TPSA) is 65.3 Å². The first-order valence-electron chi connectivity index (χ1n) is 14.3. The maximum absolute atomic E-state index is 9.09. The van der Waals surface area contributed by atoms with E-state index in [-0.39, 0.29) is 5.41 Å². The number of hydrogen-bond donors (Lipinski definition) is 0. The van der Waals surface area contributed by atoms with Crippen molar-refractivity contribution in [1.29, 1.82) is 5.26 Å². The van der Waals surface area contributed by atoms with Crippen LogP contribution in [0.4, 0.5) is 5.82 Å². The number of benzene rings is 1. The minimum atomic E-state index is 0.0994. The zero-order valence-corrected chi connectivity index (χ0v) is 22.8. The molecule has 1 aromatic heterocycles. The first-order valence-corrected chi connectivity index (χ1v) is 14.7. The van der Waals surface area contributed by atoms with E-state index in [9.17, 15) is 0 Å². The van der Waals surface area contributed by atoms with Crippen LogP contribution in [0.15, 0.2) is 18.2 Å². The molecule has 196 valence electrons. The Morgan fingerprint density at radius 2 is 2.03 bits per heavy atom. The Morgan fingerprint density at radius 1 is 1.19 bits per heavy atom. The van der Waals surface area contributed by atoms with Crippen LogP contribution in [0.25, 0.3) is 0 Å². The lowest BCUT2D eigenvalue weighted by Crippen LogP contribution is -2.37. The quantitative estimate of drug-likeness (QED) is 0.399. The van der Waals surface area contributed by atoms with Crippen molar-refractivity contribution in [3.05, 3.63) is 45.6 Å². The maximum atomic E-state index is 9.09. The van der Waals surface area contributed by atoms with E-state index in [1.807, 2.05) is 6.07 Å². The number of nitriles is 1. The fraction of sp³-hybridized carbons (Fsp3) is 0.633. The summed E-state index contributed by atoms with van der Waals surface area (Å²) < 4.78 is 6.40. The number of rotatable bonds is 9. The van der Waals surface area contributed by atoms with Gasteiger partial charge in [0.1, 0.15) is 12.4 Å². The van der Waals surface area contributed by atoms with Crippen LogP contribution in [0, 0.1) is 11.3 Å². The van der Waals surface area contributed by atoms with Crippen LogP contribution in [0.2, 0.25) is 5.02 Å². The number of aromatic nitrogens is 2. The molecule has 6 rings (SSSR count). The van der Waals surface area contributed by atoms with Crippen molar-refractivity contribution in [1.82, 2.24) is 14.9 Å². The molecular formula is C30H38ClN5O. The number of likely N-dealkylation sites (tertiary alicyclic amines) is 1. The summed E-state index contributed by atoms with van der Waals surface area (Å²) in [6, 6.07) is 10.5. The van der Waals surface area contributed by atoms with E-state index in [0.29, 0.717) is 25.1 Å². The predicted molar refractivity (Wildman–Crippen MR) is 146 cm³/mol. The van der Waals surface area contributed by atoms with Crippen molar-refractivity contribution in [3.63, 3.8) is 0 Å². The number of anilines is 1. The molecule has 0 bridgehead atoms. The molecule has 1 saturated heterocycles. The Kier molecular flexibility index (Phi) is 7.03. The molecule has 6 nitrogen and oxygen atoms in total. The number of hydrogen-bond acceptors (Lipinski definition) is 6. The number of unbranched alkanes of at least 4 members (excludes halogenated alkanes) is 1. The summed E-state index contributed by atoms with van der Waals surface area (Å²) >= 11 is 6.61. The Bertz CT molecular complexity index is 1190. The first kappa shape index (κ1) is 24.9. The average Bonchev–Trinajstić information content (AvgIpc) is 3.54. The summed E-state index contributed by atoms with van der Waals surface area (Å²) in [6.07, 6.45) is 11.7. The molecule has 2 aromatic rings. The molecule has 4 aliphatic rings. The minimum Gasteiger partial charge on any atom is -0.462 e. The van der Waals surface area contributed by atoms with E-state index in [0.717, 1.165) is 74.2 Å². The van der Waals surface area contributed by atoms with Gasteiger partial charge in [0.2, 0.25) is 0 Å². The second-order valence-corrected chi connectivity index (χ2v) is 11.8. The van der Waals surface area contributed by atoms with Crippen LogP contribution in [0.5, 0.6) is 6.01 Å². The lowest BCUT2D eigenvalue weighted by Gasteiger charge is -2.37. The highest BCUT2D eigenvalue weighted by Crippen LogP contribution is 2.50. The molecule has 0 radical (unpaired) electrons. The molecule has 2 fully saturated rings. The molecule has 1 aromatic carbocycles. The van der Waals surface area contributed by atoms with Gasteiger partial charge in [-0.3, -0.25) is 4.90 Å².